The maximum absolute atomic E-state index is 13.1. The summed E-state index contributed by atoms with van der Waals surface area (Å²) in [6.45, 7) is 5.03. The predicted octanol–water partition coefficient (Wildman–Crippen LogP) is 4.62. The van der Waals surface area contributed by atoms with Crippen molar-refractivity contribution in [3.8, 4) is 11.5 Å². The fourth-order valence-electron chi connectivity index (χ4n) is 5.04. The lowest BCUT2D eigenvalue weighted by Gasteiger charge is -2.20. The molecule has 7 heteroatoms. The van der Waals surface area contributed by atoms with E-state index in [4.69, 9.17) is 14.5 Å². The van der Waals surface area contributed by atoms with Crippen molar-refractivity contribution in [3.63, 3.8) is 0 Å². The summed E-state index contributed by atoms with van der Waals surface area (Å²) in [5.41, 5.74) is 4.78. The maximum atomic E-state index is 13.1. The minimum Gasteiger partial charge on any atom is -0.495 e. The summed E-state index contributed by atoms with van der Waals surface area (Å²) in [6.07, 6.45) is -0.402. The number of aromatic nitrogens is 2. The number of aliphatic hydroxyl groups is 1. The van der Waals surface area contributed by atoms with E-state index in [9.17, 15) is 9.90 Å². The molecule has 4 aromatic rings. The molecule has 0 radical (unpaired) electrons. The van der Waals surface area contributed by atoms with E-state index in [0.717, 1.165) is 39.4 Å². The number of amides is 1. The van der Waals surface area contributed by atoms with E-state index in [1.165, 1.54) is 0 Å². The third-order valence-electron chi connectivity index (χ3n) is 6.58. The molecule has 2 heterocycles. The van der Waals surface area contributed by atoms with Crippen LogP contribution < -0.4 is 14.4 Å². The zero-order valence-electron chi connectivity index (χ0n) is 20.8. The third kappa shape index (κ3) is 4.79. The summed E-state index contributed by atoms with van der Waals surface area (Å²) in [4.78, 5) is 19.7. The number of carbonyl (C=O) groups excluding carboxylic acids is 1. The second-order valence-corrected chi connectivity index (χ2v) is 9.43. The fourth-order valence-corrected chi connectivity index (χ4v) is 5.04. The number of imidazole rings is 1. The van der Waals surface area contributed by atoms with Crippen LogP contribution in [0.2, 0.25) is 0 Å². The monoisotopic (exact) mass is 485 g/mol. The highest BCUT2D eigenvalue weighted by atomic mass is 16.5. The normalized spacial score (nSPS) is 16.5. The first-order valence-electron chi connectivity index (χ1n) is 12.2. The number of ether oxygens (including phenoxy) is 2. The number of methoxy groups -OCH3 is 1. The highest BCUT2D eigenvalue weighted by Gasteiger charge is 2.36. The van der Waals surface area contributed by atoms with Gasteiger partial charge in [0.25, 0.3) is 0 Å². The number of anilines is 1. The van der Waals surface area contributed by atoms with Crippen LogP contribution in [0.4, 0.5) is 5.69 Å². The van der Waals surface area contributed by atoms with Crippen molar-refractivity contribution in [1.29, 1.82) is 0 Å². The third-order valence-corrected chi connectivity index (χ3v) is 6.58. The van der Waals surface area contributed by atoms with Crippen LogP contribution in [0.5, 0.6) is 11.5 Å². The van der Waals surface area contributed by atoms with Crippen LogP contribution in [0.3, 0.4) is 0 Å². The fraction of sp³-hybridized carbons (Fsp3) is 0.310. The number of carbonyl (C=O) groups is 1. The summed E-state index contributed by atoms with van der Waals surface area (Å²) >= 11 is 0. The molecule has 2 atom stereocenters. The minimum absolute atomic E-state index is 0.0294. The Morgan fingerprint density at radius 1 is 1.06 bits per heavy atom. The molecule has 0 unspecified atom stereocenters. The van der Waals surface area contributed by atoms with E-state index < -0.39 is 6.10 Å². The van der Waals surface area contributed by atoms with Gasteiger partial charge in [0.2, 0.25) is 5.91 Å². The van der Waals surface area contributed by atoms with E-state index in [1.807, 2.05) is 79.1 Å². The van der Waals surface area contributed by atoms with Crippen LogP contribution >= 0.6 is 0 Å². The van der Waals surface area contributed by atoms with Crippen molar-refractivity contribution in [3.05, 3.63) is 83.7 Å². The number of hydrogen-bond acceptors (Lipinski definition) is 5. The first-order chi connectivity index (χ1) is 17.4. The number of nitrogens with zero attached hydrogens (tertiary/aromatic N) is 3. The number of aliphatic hydroxyl groups excluding tert-OH is 1. The van der Waals surface area contributed by atoms with E-state index in [-0.39, 0.29) is 18.4 Å². The Morgan fingerprint density at radius 2 is 1.78 bits per heavy atom. The molecule has 1 aromatic heterocycles. The lowest BCUT2D eigenvalue weighted by Crippen LogP contribution is -2.26. The molecular formula is C29H31N3O4. The second-order valence-electron chi connectivity index (χ2n) is 9.43. The van der Waals surface area contributed by atoms with E-state index in [2.05, 4.69) is 6.07 Å². The van der Waals surface area contributed by atoms with Gasteiger partial charge in [-0.3, -0.25) is 4.79 Å². The molecule has 7 nitrogen and oxygen atoms in total. The Hall–Kier alpha value is -3.84. The smallest absolute Gasteiger partial charge is 0.227 e. The van der Waals surface area contributed by atoms with Crippen LogP contribution in [0, 0.1) is 13.8 Å². The molecule has 186 valence electrons. The topological polar surface area (TPSA) is 76.8 Å². The number of aryl methyl sites for hydroxylation is 2. The van der Waals surface area contributed by atoms with Gasteiger partial charge >= 0.3 is 0 Å². The van der Waals surface area contributed by atoms with Crippen molar-refractivity contribution >= 4 is 22.6 Å². The van der Waals surface area contributed by atoms with Gasteiger partial charge in [-0.05, 0) is 61.4 Å². The van der Waals surface area contributed by atoms with Gasteiger partial charge in [0.05, 0.1) is 30.4 Å². The number of fused-ring (bicyclic) bond motifs is 1. The van der Waals surface area contributed by atoms with Crippen LogP contribution in [-0.4, -0.2) is 46.9 Å². The molecule has 1 aliphatic rings. The molecule has 0 bridgehead atoms. The summed E-state index contributed by atoms with van der Waals surface area (Å²) < 4.78 is 13.4. The maximum Gasteiger partial charge on any atom is 0.227 e. The Bertz CT molecular complexity index is 1380. The van der Waals surface area contributed by atoms with Gasteiger partial charge in [0.15, 0.2) is 0 Å². The van der Waals surface area contributed by atoms with Gasteiger partial charge in [0, 0.05) is 18.9 Å². The largest absolute Gasteiger partial charge is 0.495 e. The van der Waals surface area contributed by atoms with Gasteiger partial charge in [-0.1, -0.05) is 30.3 Å². The lowest BCUT2D eigenvalue weighted by atomic mass is 10.1. The number of rotatable bonds is 8. The van der Waals surface area contributed by atoms with E-state index in [1.54, 1.807) is 12.0 Å². The Labute approximate surface area is 210 Å². The molecule has 36 heavy (non-hydrogen) atoms. The van der Waals surface area contributed by atoms with Crippen LogP contribution in [0.25, 0.3) is 11.0 Å². The van der Waals surface area contributed by atoms with Crippen LogP contribution in [0.1, 0.15) is 29.3 Å². The molecule has 0 aliphatic carbocycles. The predicted molar refractivity (Wildman–Crippen MR) is 140 cm³/mol. The first-order valence-corrected chi connectivity index (χ1v) is 12.2. The molecule has 1 aliphatic heterocycles. The molecule has 0 spiro atoms. The molecular weight excluding hydrogens is 454 g/mol. The highest BCUT2D eigenvalue weighted by Crippen LogP contribution is 2.37. The highest BCUT2D eigenvalue weighted by molar-refractivity contribution is 5.97. The van der Waals surface area contributed by atoms with E-state index in [0.29, 0.717) is 25.3 Å². The number of para-hydroxylation sites is 4. The van der Waals surface area contributed by atoms with Gasteiger partial charge in [-0.15, -0.1) is 0 Å². The summed E-state index contributed by atoms with van der Waals surface area (Å²) in [6, 6.07) is 21.4. The minimum atomic E-state index is -0.746. The zero-order chi connectivity index (χ0) is 25.2. The van der Waals surface area contributed by atoms with Crippen molar-refractivity contribution in [1.82, 2.24) is 9.55 Å². The average Bonchev–Trinajstić information content (AvgIpc) is 3.42. The van der Waals surface area contributed by atoms with Crippen LogP contribution in [0.15, 0.2) is 66.7 Å². The molecule has 1 saturated heterocycles. The van der Waals surface area contributed by atoms with Crippen LogP contribution in [-0.2, 0) is 11.3 Å². The number of hydrogen-bond donors (Lipinski definition) is 1. The standard InChI is InChI=1S/C29H31N3O4/c1-19-12-20(2)14-23(13-19)36-18-22(33)17-32-25-9-5-4-8-24(25)30-29(32)21-15-28(34)31(16-21)26-10-6-7-11-27(26)35-3/h4-14,21-22,33H,15-18H2,1-3H3/t21-,22-/m1/s1. The quantitative estimate of drug-likeness (QED) is 0.394. The molecule has 5 rings (SSSR count). The summed E-state index contributed by atoms with van der Waals surface area (Å²) in [7, 11) is 1.61. The molecule has 1 amide bonds. The molecule has 1 fully saturated rings. The molecule has 3 aromatic carbocycles. The van der Waals surface area contributed by atoms with Crippen molar-refractivity contribution in [2.45, 2.75) is 38.8 Å². The van der Waals surface area contributed by atoms with Gasteiger partial charge in [-0.2, -0.15) is 0 Å². The Morgan fingerprint density at radius 3 is 2.56 bits per heavy atom. The SMILES string of the molecule is COc1ccccc1N1C[C@H](c2nc3ccccc3n2C[C@@H](O)COc2cc(C)cc(C)c2)CC1=O. The van der Waals surface area contributed by atoms with Gasteiger partial charge < -0.3 is 24.0 Å². The van der Waals surface area contributed by atoms with Crippen molar-refractivity contribution < 1.29 is 19.4 Å². The molecule has 0 saturated carbocycles. The first kappa shape index (κ1) is 23.9. The number of benzene rings is 3. The summed E-state index contributed by atoms with van der Waals surface area (Å²) in [5, 5.41) is 10.9. The lowest BCUT2D eigenvalue weighted by molar-refractivity contribution is -0.117. The molecule has 1 N–H and O–H groups in total. The average molecular weight is 486 g/mol. The Kier molecular flexibility index (Phi) is 6.65. The van der Waals surface area contributed by atoms with Crippen molar-refractivity contribution in [2.24, 2.45) is 0 Å². The zero-order valence-corrected chi connectivity index (χ0v) is 20.8. The van der Waals surface area contributed by atoms with E-state index >= 15 is 0 Å². The second kappa shape index (κ2) is 10.0. The Balaban J connectivity index is 1.39. The van der Waals surface area contributed by atoms with Gasteiger partial charge in [-0.25, -0.2) is 4.98 Å². The van der Waals surface area contributed by atoms with Gasteiger partial charge in [0.1, 0.15) is 30.0 Å². The summed E-state index contributed by atoms with van der Waals surface area (Å²) in [5.74, 6) is 2.13. The van der Waals surface area contributed by atoms with Crippen molar-refractivity contribution in [2.75, 3.05) is 25.2 Å².